The van der Waals surface area contributed by atoms with E-state index >= 15 is 0 Å². The van der Waals surface area contributed by atoms with Crippen molar-refractivity contribution in [2.45, 2.75) is 25.4 Å². The number of aromatic nitrogens is 3. The number of benzene rings is 2. The number of amides is 1. The molecule has 9 heteroatoms. The van der Waals surface area contributed by atoms with Crippen LogP contribution in [-0.4, -0.2) is 32.5 Å². The van der Waals surface area contributed by atoms with Crippen molar-refractivity contribution in [1.29, 1.82) is 0 Å². The fourth-order valence-electron chi connectivity index (χ4n) is 3.38. The average molecular weight is 445 g/mol. The molecular formula is C21H21ClN4O3S. The van der Waals surface area contributed by atoms with Crippen LogP contribution in [-0.2, 0) is 11.3 Å². The Morgan fingerprint density at radius 2 is 2.17 bits per heavy atom. The number of nitrogens with zero attached hydrogens (tertiary/aromatic N) is 2. The fourth-order valence-corrected chi connectivity index (χ4v) is 4.02. The Morgan fingerprint density at radius 1 is 1.33 bits per heavy atom. The molecule has 0 saturated carbocycles. The molecule has 4 aromatic rings. The topological polar surface area (TPSA) is 92.9 Å². The highest BCUT2D eigenvalue weighted by molar-refractivity contribution is 7.98. The van der Waals surface area contributed by atoms with E-state index in [1.807, 2.05) is 30.5 Å². The number of aromatic amines is 1. The lowest BCUT2D eigenvalue weighted by Gasteiger charge is -2.16. The highest BCUT2D eigenvalue weighted by atomic mass is 35.5. The lowest BCUT2D eigenvalue weighted by Crippen LogP contribution is -2.31. The Labute approximate surface area is 181 Å². The lowest BCUT2D eigenvalue weighted by molar-refractivity contribution is -0.122. The molecule has 1 amide bonds. The van der Waals surface area contributed by atoms with Gasteiger partial charge >= 0.3 is 5.76 Å². The molecule has 2 heterocycles. The maximum atomic E-state index is 12.7. The Kier molecular flexibility index (Phi) is 6.15. The summed E-state index contributed by atoms with van der Waals surface area (Å²) in [4.78, 5) is 32.8. The Hall–Kier alpha value is -2.71. The molecule has 30 heavy (non-hydrogen) atoms. The molecule has 0 bridgehead atoms. The number of para-hydroxylation sites is 2. The van der Waals surface area contributed by atoms with E-state index in [4.69, 9.17) is 16.0 Å². The number of carbonyl (C=O) groups excluding carboxylic acids is 1. The molecule has 1 atom stereocenters. The molecule has 0 spiro atoms. The number of hydrogen-bond acceptors (Lipinski definition) is 5. The van der Waals surface area contributed by atoms with E-state index in [1.54, 1.807) is 30.0 Å². The van der Waals surface area contributed by atoms with Gasteiger partial charge in [-0.15, -0.1) is 0 Å². The first-order valence-electron chi connectivity index (χ1n) is 9.57. The van der Waals surface area contributed by atoms with Crippen molar-refractivity contribution < 1.29 is 9.21 Å². The Morgan fingerprint density at radius 3 is 2.97 bits per heavy atom. The number of nitrogens with one attached hydrogen (secondary N) is 2. The minimum Gasteiger partial charge on any atom is -0.408 e. The van der Waals surface area contributed by atoms with Gasteiger partial charge in [0, 0.05) is 24.1 Å². The van der Waals surface area contributed by atoms with Gasteiger partial charge < -0.3 is 14.7 Å². The molecule has 156 valence electrons. The normalized spacial score (nSPS) is 12.5. The first-order valence-corrected chi connectivity index (χ1v) is 11.3. The number of hydrogen-bond donors (Lipinski definition) is 2. The van der Waals surface area contributed by atoms with E-state index in [0.717, 1.165) is 29.0 Å². The van der Waals surface area contributed by atoms with E-state index < -0.39 is 5.76 Å². The zero-order chi connectivity index (χ0) is 21.1. The smallest absolute Gasteiger partial charge is 0.408 e. The lowest BCUT2D eigenvalue weighted by atomic mass is 10.2. The molecule has 2 N–H and O–H groups in total. The summed E-state index contributed by atoms with van der Waals surface area (Å²) >= 11 is 7.66. The predicted molar refractivity (Wildman–Crippen MR) is 120 cm³/mol. The minimum absolute atomic E-state index is 0.146. The third kappa shape index (κ3) is 4.39. The molecular weight excluding hydrogens is 424 g/mol. The summed E-state index contributed by atoms with van der Waals surface area (Å²) in [6.07, 6.45) is 2.92. The van der Waals surface area contributed by atoms with Crippen LogP contribution < -0.4 is 11.1 Å². The van der Waals surface area contributed by atoms with Gasteiger partial charge in [-0.25, -0.2) is 9.78 Å². The molecule has 0 radical (unpaired) electrons. The van der Waals surface area contributed by atoms with Crippen LogP contribution >= 0.6 is 23.4 Å². The van der Waals surface area contributed by atoms with Gasteiger partial charge in [0.25, 0.3) is 0 Å². The largest absolute Gasteiger partial charge is 0.419 e. The van der Waals surface area contributed by atoms with Gasteiger partial charge in [-0.05, 0) is 42.7 Å². The summed E-state index contributed by atoms with van der Waals surface area (Å²) in [5.41, 5.74) is 2.83. The standard InChI is InChI=1S/C21H21ClN4O3S/c1-30-11-9-16(20-24-14-4-2-3-5-15(14)25-20)23-19(27)8-10-26-17-7-6-13(22)12-18(17)29-21(26)28/h2-7,12,16H,8-11H2,1H3,(H,23,27)(H,24,25)/t16-/m0/s1. The van der Waals surface area contributed by atoms with E-state index in [-0.39, 0.29) is 24.9 Å². The quantitative estimate of drug-likeness (QED) is 0.426. The second kappa shape index (κ2) is 8.97. The van der Waals surface area contributed by atoms with Gasteiger partial charge in [-0.3, -0.25) is 9.36 Å². The molecule has 0 aliphatic carbocycles. The zero-order valence-electron chi connectivity index (χ0n) is 16.4. The summed E-state index contributed by atoms with van der Waals surface area (Å²) in [6, 6.07) is 12.5. The molecule has 7 nitrogen and oxygen atoms in total. The summed E-state index contributed by atoms with van der Waals surface area (Å²) in [7, 11) is 0. The van der Waals surface area contributed by atoms with Crippen LogP contribution in [0.3, 0.4) is 0 Å². The maximum absolute atomic E-state index is 12.7. The first kappa shape index (κ1) is 20.6. The minimum atomic E-state index is -0.503. The van der Waals surface area contributed by atoms with Crippen molar-refractivity contribution in [2.24, 2.45) is 0 Å². The number of aryl methyl sites for hydroxylation is 1. The predicted octanol–water partition coefficient (Wildman–Crippen LogP) is 4.12. The van der Waals surface area contributed by atoms with Crippen LogP contribution in [0.25, 0.3) is 22.1 Å². The number of rotatable bonds is 8. The van der Waals surface area contributed by atoms with Crippen molar-refractivity contribution in [1.82, 2.24) is 19.9 Å². The van der Waals surface area contributed by atoms with Crippen molar-refractivity contribution in [3.8, 4) is 0 Å². The zero-order valence-corrected chi connectivity index (χ0v) is 17.9. The van der Waals surface area contributed by atoms with Crippen LogP contribution in [0.5, 0.6) is 0 Å². The van der Waals surface area contributed by atoms with Crippen molar-refractivity contribution in [3.05, 3.63) is 63.9 Å². The third-order valence-corrected chi connectivity index (χ3v) is 5.76. The van der Waals surface area contributed by atoms with E-state index in [9.17, 15) is 9.59 Å². The van der Waals surface area contributed by atoms with Crippen LogP contribution in [0, 0.1) is 0 Å². The van der Waals surface area contributed by atoms with Crippen LogP contribution in [0.1, 0.15) is 24.7 Å². The van der Waals surface area contributed by atoms with Crippen LogP contribution in [0.15, 0.2) is 51.7 Å². The molecule has 0 aliphatic heterocycles. The van der Waals surface area contributed by atoms with E-state index in [1.165, 1.54) is 4.57 Å². The first-order chi connectivity index (χ1) is 14.5. The van der Waals surface area contributed by atoms with Crippen LogP contribution in [0.2, 0.25) is 5.02 Å². The fraction of sp³-hybridized carbons (Fsp3) is 0.286. The number of halogens is 1. The number of H-pyrrole nitrogens is 1. The number of oxazole rings is 1. The number of fused-ring (bicyclic) bond motifs is 2. The van der Waals surface area contributed by atoms with Crippen LogP contribution in [0.4, 0.5) is 0 Å². The van der Waals surface area contributed by atoms with Crippen molar-refractivity contribution in [2.75, 3.05) is 12.0 Å². The van der Waals surface area contributed by atoms with Gasteiger partial charge in [0.1, 0.15) is 5.82 Å². The van der Waals surface area contributed by atoms with E-state index in [2.05, 4.69) is 15.3 Å². The van der Waals surface area contributed by atoms with E-state index in [0.29, 0.717) is 16.1 Å². The number of imidazole rings is 1. The van der Waals surface area contributed by atoms with Gasteiger partial charge in [-0.2, -0.15) is 11.8 Å². The summed E-state index contributed by atoms with van der Waals surface area (Å²) in [5, 5.41) is 3.54. The monoisotopic (exact) mass is 444 g/mol. The van der Waals surface area contributed by atoms with Gasteiger partial charge in [0.15, 0.2) is 5.58 Å². The highest BCUT2D eigenvalue weighted by Crippen LogP contribution is 2.21. The van der Waals surface area contributed by atoms with Gasteiger partial charge in [0.2, 0.25) is 5.91 Å². The highest BCUT2D eigenvalue weighted by Gasteiger charge is 2.19. The molecule has 0 unspecified atom stereocenters. The average Bonchev–Trinajstić information content (AvgIpc) is 3.29. The van der Waals surface area contributed by atoms with Crippen molar-refractivity contribution >= 4 is 51.4 Å². The molecule has 2 aromatic heterocycles. The molecule has 0 aliphatic rings. The molecule has 0 fully saturated rings. The molecule has 0 saturated heterocycles. The Balaban J connectivity index is 1.48. The van der Waals surface area contributed by atoms with Gasteiger partial charge in [-0.1, -0.05) is 23.7 Å². The number of carbonyl (C=O) groups is 1. The second-order valence-electron chi connectivity index (χ2n) is 6.92. The second-order valence-corrected chi connectivity index (χ2v) is 8.34. The molecule has 2 aromatic carbocycles. The van der Waals surface area contributed by atoms with Crippen molar-refractivity contribution in [3.63, 3.8) is 0 Å². The Bertz CT molecular complexity index is 1210. The maximum Gasteiger partial charge on any atom is 0.419 e. The number of thioether (sulfide) groups is 1. The molecule has 4 rings (SSSR count). The van der Waals surface area contributed by atoms with Gasteiger partial charge in [0.05, 0.1) is 22.6 Å². The SMILES string of the molecule is CSCC[C@H](NC(=O)CCn1c(=O)oc2cc(Cl)ccc21)c1nc2ccccc2[nH]1. The third-order valence-electron chi connectivity index (χ3n) is 4.88. The summed E-state index contributed by atoms with van der Waals surface area (Å²) in [6.45, 7) is 0.217. The summed E-state index contributed by atoms with van der Waals surface area (Å²) in [5.74, 6) is 0.960. The summed E-state index contributed by atoms with van der Waals surface area (Å²) < 4.78 is 6.67.